The topological polar surface area (TPSA) is 138 Å². The number of carboxylic acid groups (broad SMARTS) is 1. The van der Waals surface area contributed by atoms with Crippen molar-refractivity contribution in [3.05, 3.63) is 67.8 Å². The standard InChI is InChI=1S/C27H36N4O7S/c1-15(2)12-19(18(5)37-8)20(38-14-16(3)32)13-29-24-21(17(4)23(39-24)30-11-9-10-28-30)22(33)31(26(29)36)27(6,7)25(34)35/h9-12,16,20,32H,13-14H2,1-8H3,(H,34,35)/b19-18-/t16-,20-/m0/s1. The minimum atomic E-state index is -1.83. The molecule has 0 spiro atoms. The second-order valence-corrected chi connectivity index (χ2v) is 11.1. The normalized spacial score (nSPS) is 14.2. The van der Waals surface area contributed by atoms with Crippen LogP contribution >= 0.6 is 11.3 Å². The highest BCUT2D eigenvalue weighted by atomic mass is 32.1. The molecule has 3 rings (SSSR count). The molecule has 0 aliphatic rings. The van der Waals surface area contributed by atoms with E-state index in [2.05, 4.69) is 5.10 Å². The Bertz CT molecular complexity index is 1530. The average molecular weight is 561 g/mol. The van der Waals surface area contributed by atoms with E-state index in [1.807, 2.05) is 19.9 Å². The van der Waals surface area contributed by atoms with Crippen LogP contribution in [-0.2, 0) is 26.4 Å². The number of carbonyl (C=O) groups is 1. The van der Waals surface area contributed by atoms with Crippen LogP contribution in [-0.4, -0.2) is 61.0 Å². The first-order valence-corrected chi connectivity index (χ1v) is 13.3. The molecule has 0 fully saturated rings. The minimum Gasteiger partial charge on any atom is -0.501 e. The SMILES string of the molecule is CO/C(C)=C(/C=C(C)C)[C@H](Cn1c(=O)n(C(C)(C)C(=O)O)c(=O)c2c(C)c(-n3cccn3)sc21)OC[C@H](C)O. The Morgan fingerprint density at radius 3 is 2.44 bits per heavy atom. The number of allylic oxidation sites excluding steroid dienone is 2. The van der Waals surface area contributed by atoms with Gasteiger partial charge in [-0.1, -0.05) is 23.0 Å². The summed E-state index contributed by atoms with van der Waals surface area (Å²) in [6.45, 7) is 11.5. The lowest BCUT2D eigenvalue weighted by atomic mass is 10.0. The maximum absolute atomic E-state index is 14.0. The fourth-order valence-corrected chi connectivity index (χ4v) is 5.45. The summed E-state index contributed by atoms with van der Waals surface area (Å²) in [5.74, 6) is -0.773. The van der Waals surface area contributed by atoms with Gasteiger partial charge in [-0.05, 0) is 54.5 Å². The van der Waals surface area contributed by atoms with Gasteiger partial charge in [-0.2, -0.15) is 5.10 Å². The van der Waals surface area contributed by atoms with Gasteiger partial charge in [0.1, 0.15) is 21.5 Å². The molecule has 2 N–H and O–H groups in total. The zero-order valence-electron chi connectivity index (χ0n) is 23.5. The number of thiophene rings is 1. The summed E-state index contributed by atoms with van der Waals surface area (Å²) in [6.07, 6.45) is 3.65. The number of aryl methyl sites for hydroxylation is 1. The third kappa shape index (κ3) is 5.92. The van der Waals surface area contributed by atoms with Crippen molar-refractivity contribution in [2.24, 2.45) is 0 Å². The lowest BCUT2D eigenvalue weighted by Gasteiger charge is -2.26. The molecule has 12 heteroatoms. The number of ether oxygens (including phenoxy) is 2. The second kappa shape index (κ2) is 11.7. The Morgan fingerprint density at radius 1 is 1.26 bits per heavy atom. The first kappa shape index (κ1) is 30.1. The van der Waals surface area contributed by atoms with Crippen molar-refractivity contribution >= 4 is 27.5 Å². The number of aliphatic hydroxyl groups is 1. The molecule has 0 saturated carbocycles. The van der Waals surface area contributed by atoms with E-state index in [1.54, 1.807) is 43.9 Å². The molecule has 11 nitrogen and oxygen atoms in total. The summed E-state index contributed by atoms with van der Waals surface area (Å²) >= 11 is 1.21. The predicted molar refractivity (Wildman–Crippen MR) is 150 cm³/mol. The number of methoxy groups -OCH3 is 1. The number of fused-ring (bicyclic) bond motifs is 1. The minimum absolute atomic E-state index is 0.0259. The van der Waals surface area contributed by atoms with Gasteiger partial charge in [0.15, 0.2) is 0 Å². The van der Waals surface area contributed by atoms with Gasteiger partial charge < -0.3 is 19.7 Å². The Hall–Kier alpha value is -3.48. The summed E-state index contributed by atoms with van der Waals surface area (Å²) in [6, 6.07) is 1.74. The zero-order valence-corrected chi connectivity index (χ0v) is 24.3. The zero-order chi connectivity index (χ0) is 29.2. The van der Waals surface area contributed by atoms with Gasteiger partial charge in [-0.3, -0.25) is 9.36 Å². The molecule has 0 amide bonds. The van der Waals surface area contributed by atoms with Gasteiger partial charge >= 0.3 is 11.7 Å². The van der Waals surface area contributed by atoms with Crippen LogP contribution in [0.25, 0.3) is 15.2 Å². The summed E-state index contributed by atoms with van der Waals surface area (Å²) in [5.41, 5.74) is -1.14. The van der Waals surface area contributed by atoms with Crippen molar-refractivity contribution in [1.82, 2.24) is 18.9 Å². The van der Waals surface area contributed by atoms with Crippen LogP contribution in [0.5, 0.6) is 0 Å². The van der Waals surface area contributed by atoms with Crippen LogP contribution in [0.2, 0.25) is 0 Å². The molecule has 3 aromatic rings. The Kier molecular flexibility index (Phi) is 9.04. The predicted octanol–water partition coefficient (Wildman–Crippen LogP) is 3.19. The highest BCUT2D eigenvalue weighted by Crippen LogP contribution is 2.32. The number of carboxylic acids is 1. The molecule has 3 aromatic heterocycles. The third-order valence-corrected chi connectivity index (χ3v) is 7.68. The smallest absolute Gasteiger partial charge is 0.333 e. The number of aromatic nitrogens is 4. The molecule has 0 bridgehead atoms. The highest BCUT2D eigenvalue weighted by molar-refractivity contribution is 7.21. The summed E-state index contributed by atoms with van der Waals surface area (Å²) < 4.78 is 15.4. The first-order chi connectivity index (χ1) is 18.2. The molecule has 2 atom stereocenters. The third-order valence-electron chi connectivity index (χ3n) is 6.37. The molecular weight excluding hydrogens is 524 g/mol. The number of aliphatic carboxylic acids is 1. The number of nitrogens with zero attached hydrogens (tertiary/aromatic N) is 4. The quantitative estimate of drug-likeness (QED) is 0.269. The van der Waals surface area contributed by atoms with Crippen LogP contribution in [0.3, 0.4) is 0 Å². The lowest BCUT2D eigenvalue weighted by Crippen LogP contribution is -2.53. The Labute approximate surface area is 230 Å². The van der Waals surface area contributed by atoms with Gasteiger partial charge in [-0.15, -0.1) is 0 Å². The Morgan fingerprint density at radius 2 is 1.92 bits per heavy atom. The molecule has 3 heterocycles. The van der Waals surface area contributed by atoms with Crippen molar-refractivity contribution < 1.29 is 24.5 Å². The largest absolute Gasteiger partial charge is 0.501 e. The molecule has 0 saturated heterocycles. The Balaban J connectivity index is 2.43. The highest BCUT2D eigenvalue weighted by Gasteiger charge is 2.36. The molecule has 39 heavy (non-hydrogen) atoms. The van der Waals surface area contributed by atoms with Crippen LogP contribution < -0.4 is 11.2 Å². The van der Waals surface area contributed by atoms with E-state index in [-0.39, 0.29) is 18.5 Å². The molecular formula is C27H36N4O7S. The second-order valence-electron chi connectivity index (χ2n) is 10.2. The van der Waals surface area contributed by atoms with Crippen molar-refractivity contribution in [1.29, 1.82) is 0 Å². The van der Waals surface area contributed by atoms with Gasteiger partial charge in [-0.25, -0.2) is 18.8 Å². The fourth-order valence-electron chi connectivity index (χ4n) is 4.20. The van der Waals surface area contributed by atoms with Crippen LogP contribution in [0.1, 0.15) is 47.1 Å². The van der Waals surface area contributed by atoms with Crippen LogP contribution in [0.15, 0.2) is 51.0 Å². The number of rotatable bonds is 11. The number of aliphatic hydroxyl groups excluding tert-OH is 1. The van der Waals surface area contributed by atoms with E-state index >= 15 is 0 Å². The average Bonchev–Trinajstić information content (AvgIpc) is 3.49. The van der Waals surface area contributed by atoms with E-state index in [0.29, 0.717) is 26.7 Å². The van der Waals surface area contributed by atoms with Gasteiger partial charge in [0.05, 0.1) is 37.5 Å². The molecule has 0 aromatic carbocycles. The fraction of sp³-hybridized carbons (Fsp3) is 0.481. The summed E-state index contributed by atoms with van der Waals surface area (Å²) in [5, 5.41) is 25.1. The molecule has 0 aliphatic carbocycles. The summed E-state index contributed by atoms with van der Waals surface area (Å²) in [4.78, 5) is 40.3. The molecule has 0 unspecified atom stereocenters. The number of hydrogen-bond donors (Lipinski definition) is 2. The van der Waals surface area contributed by atoms with E-state index in [0.717, 1.165) is 10.1 Å². The van der Waals surface area contributed by atoms with Gasteiger partial charge in [0.25, 0.3) is 5.56 Å². The molecule has 0 aliphatic heterocycles. The first-order valence-electron chi connectivity index (χ1n) is 12.4. The number of hydrogen-bond acceptors (Lipinski definition) is 8. The maximum atomic E-state index is 14.0. The summed E-state index contributed by atoms with van der Waals surface area (Å²) in [7, 11) is 1.53. The molecule has 0 radical (unpaired) electrons. The van der Waals surface area contributed by atoms with E-state index < -0.39 is 35.0 Å². The van der Waals surface area contributed by atoms with Crippen molar-refractivity contribution in [2.45, 2.75) is 72.8 Å². The van der Waals surface area contributed by atoms with E-state index in [9.17, 15) is 24.6 Å². The van der Waals surface area contributed by atoms with E-state index in [4.69, 9.17) is 9.47 Å². The van der Waals surface area contributed by atoms with Crippen LogP contribution in [0, 0.1) is 6.92 Å². The lowest BCUT2D eigenvalue weighted by molar-refractivity contribution is -0.146. The maximum Gasteiger partial charge on any atom is 0.333 e. The van der Waals surface area contributed by atoms with E-state index in [1.165, 1.54) is 36.9 Å². The van der Waals surface area contributed by atoms with Gasteiger partial charge in [0.2, 0.25) is 0 Å². The van der Waals surface area contributed by atoms with Crippen molar-refractivity contribution in [2.75, 3.05) is 13.7 Å². The van der Waals surface area contributed by atoms with Crippen molar-refractivity contribution in [3.63, 3.8) is 0 Å². The molecule has 212 valence electrons. The van der Waals surface area contributed by atoms with Gasteiger partial charge in [0, 0.05) is 23.5 Å². The van der Waals surface area contributed by atoms with Crippen molar-refractivity contribution in [3.8, 4) is 5.00 Å². The van der Waals surface area contributed by atoms with Crippen LogP contribution in [0.4, 0.5) is 0 Å². The monoisotopic (exact) mass is 560 g/mol.